The van der Waals surface area contributed by atoms with Crippen molar-refractivity contribution < 1.29 is 18.7 Å². The van der Waals surface area contributed by atoms with Crippen LogP contribution < -0.4 is 5.32 Å². The van der Waals surface area contributed by atoms with Crippen LogP contribution in [0, 0.1) is 13.8 Å². The van der Waals surface area contributed by atoms with Gasteiger partial charge in [-0.15, -0.1) is 0 Å². The van der Waals surface area contributed by atoms with Crippen LogP contribution in [-0.4, -0.2) is 24.0 Å². The molecule has 1 aromatic carbocycles. The molecule has 5 heteroatoms. The number of amides is 1. The summed E-state index contributed by atoms with van der Waals surface area (Å²) < 4.78 is 10.8. The van der Waals surface area contributed by atoms with Crippen molar-refractivity contribution in [2.24, 2.45) is 0 Å². The number of carbonyl (C=O) groups is 2. The fourth-order valence-corrected chi connectivity index (χ4v) is 3.31. The molecule has 1 aliphatic carbocycles. The number of rotatable bonds is 5. The Morgan fingerprint density at radius 3 is 2.64 bits per heavy atom. The number of furan rings is 1. The van der Waals surface area contributed by atoms with Crippen LogP contribution in [0.25, 0.3) is 11.0 Å². The highest BCUT2D eigenvalue weighted by Crippen LogP contribution is 2.25. The first-order valence-electron chi connectivity index (χ1n) is 8.91. The average molecular weight is 343 g/mol. The van der Waals surface area contributed by atoms with Crippen LogP contribution in [-0.2, 0) is 20.7 Å². The van der Waals surface area contributed by atoms with Gasteiger partial charge in [-0.3, -0.25) is 9.59 Å². The third-order valence-corrected chi connectivity index (χ3v) is 4.98. The maximum Gasteiger partial charge on any atom is 0.311 e. The molecule has 1 fully saturated rings. The smallest absolute Gasteiger partial charge is 0.311 e. The molecule has 1 atom stereocenters. The second-order valence-corrected chi connectivity index (χ2v) is 6.99. The molecule has 0 saturated heterocycles. The van der Waals surface area contributed by atoms with Crippen molar-refractivity contribution >= 4 is 22.8 Å². The van der Waals surface area contributed by atoms with E-state index in [1.807, 2.05) is 26.0 Å². The summed E-state index contributed by atoms with van der Waals surface area (Å²) in [5.74, 6) is -0.640. The average Bonchev–Trinajstić information content (AvgIpc) is 3.19. The predicted molar refractivity (Wildman–Crippen MR) is 95.3 cm³/mol. The molecule has 0 spiro atoms. The molecule has 5 nitrogen and oxygen atoms in total. The van der Waals surface area contributed by atoms with Gasteiger partial charge in [-0.1, -0.05) is 12.8 Å². The number of nitrogens with one attached hydrogen (secondary N) is 1. The van der Waals surface area contributed by atoms with E-state index in [1.165, 1.54) is 0 Å². The van der Waals surface area contributed by atoms with E-state index in [4.69, 9.17) is 9.15 Å². The highest BCUT2D eigenvalue weighted by Gasteiger charge is 2.23. The third kappa shape index (κ3) is 4.03. The Bertz CT molecular complexity index is 786. The first kappa shape index (κ1) is 17.5. The van der Waals surface area contributed by atoms with E-state index in [1.54, 1.807) is 13.2 Å². The van der Waals surface area contributed by atoms with Gasteiger partial charge in [0.15, 0.2) is 6.10 Å². The summed E-state index contributed by atoms with van der Waals surface area (Å²) in [6.45, 7) is 5.67. The van der Waals surface area contributed by atoms with Crippen molar-refractivity contribution in [2.45, 2.75) is 65.0 Å². The Balaban J connectivity index is 1.60. The molecule has 1 aliphatic rings. The summed E-state index contributed by atoms with van der Waals surface area (Å²) in [7, 11) is 0. The summed E-state index contributed by atoms with van der Waals surface area (Å²) in [6, 6.07) is 4.21. The van der Waals surface area contributed by atoms with Crippen molar-refractivity contribution in [3.63, 3.8) is 0 Å². The number of esters is 1. The molecule has 0 unspecified atom stereocenters. The SMILES string of the molecule is Cc1cc2occ(CC(=O)O[C@H](C)C(=O)NC3CCCC3)c2cc1C. The van der Waals surface area contributed by atoms with Crippen molar-refractivity contribution in [1.82, 2.24) is 5.32 Å². The zero-order chi connectivity index (χ0) is 18.0. The second kappa shape index (κ2) is 7.30. The topological polar surface area (TPSA) is 68.5 Å². The minimum absolute atomic E-state index is 0.0938. The molecule has 2 aromatic rings. The lowest BCUT2D eigenvalue weighted by atomic mass is 10.0. The molecular weight excluding hydrogens is 318 g/mol. The minimum atomic E-state index is -0.782. The minimum Gasteiger partial charge on any atom is -0.464 e. The Hall–Kier alpha value is -2.30. The van der Waals surface area contributed by atoms with Crippen LogP contribution in [0.5, 0.6) is 0 Å². The van der Waals surface area contributed by atoms with E-state index in [0.29, 0.717) is 0 Å². The number of ether oxygens (including phenoxy) is 1. The van der Waals surface area contributed by atoms with E-state index in [0.717, 1.165) is 53.3 Å². The molecular formula is C20H25NO4. The zero-order valence-corrected chi connectivity index (χ0v) is 15.1. The van der Waals surface area contributed by atoms with Crippen molar-refractivity contribution in [3.05, 3.63) is 35.1 Å². The van der Waals surface area contributed by atoms with Gasteiger partial charge >= 0.3 is 5.97 Å². The molecule has 1 N–H and O–H groups in total. The maximum absolute atomic E-state index is 12.2. The lowest BCUT2D eigenvalue weighted by Gasteiger charge is -2.17. The number of carbonyl (C=O) groups excluding carboxylic acids is 2. The number of aryl methyl sites for hydroxylation is 2. The summed E-state index contributed by atoms with van der Waals surface area (Å²) in [4.78, 5) is 24.3. The molecule has 1 saturated carbocycles. The molecule has 1 amide bonds. The Kier molecular flexibility index (Phi) is 5.11. The Morgan fingerprint density at radius 2 is 1.92 bits per heavy atom. The molecule has 0 bridgehead atoms. The lowest BCUT2D eigenvalue weighted by molar-refractivity contribution is -0.154. The monoisotopic (exact) mass is 343 g/mol. The molecule has 0 radical (unpaired) electrons. The first-order valence-corrected chi connectivity index (χ1v) is 8.91. The van der Waals surface area contributed by atoms with E-state index in [2.05, 4.69) is 5.32 Å². The van der Waals surface area contributed by atoms with Gasteiger partial charge in [0, 0.05) is 17.0 Å². The van der Waals surface area contributed by atoms with Gasteiger partial charge in [0.05, 0.1) is 12.7 Å². The van der Waals surface area contributed by atoms with Gasteiger partial charge in [-0.25, -0.2) is 0 Å². The summed E-state index contributed by atoms with van der Waals surface area (Å²) >= 11 is 0. The Morgan fingerprint density at radius 1 is 1.24 bits per heavy atom. The second-order valence-electron chi connectivity index (χ2n) is 6.99. The first-order chi connectivity index (χ1) is 11.9. The fourth-order valence-electron chi connectivity index (χ4n) is 3.31. The van der Waals surface area contributed by atoms with Crippen molar-refractivity contribution in [3.8, 4) is 0 Å². The highest BCUT2D eigenvalue weighted by atomic mass is 16.5. The number of hydrogen-bond acceptors (Lipinski definition) is 4. The van der Waals surface area contributed by atoms with Crippen LogP contribution in [0.4, 0.5) is 0 Å². The van der Waals surface area contributed by atoms with Crippen LogP contribution in [0.1, 0.15) is 49.3 Å². The van der Waals surface area contributed by atoms with Crippen LogP contribution in [0.3, 0.4) is 0 Å². The number of fused-ring (bicyclic) bond motifs is 1. The Labute approximate surface area is 147 Å². The van der Waals surface area contributed by atoms with Crippen LogP contribution in [0.2, 0.25) is 0 Å². The van der Waals surface area contributed by atoms with Gasteiger partial charge in [0.1, 0.15) is 5.58 Å². The molecule has 1 heterocycles. The molecule has 1 aromatic heterocycles. The maximum atomic E-state index is 12.2. The number of hydrogen-bond donors (Lipinski definition) is 1. The molecule has 3 rings (SSSR count). The summed E-state index contributed by atoms with van der Waals surface area (Å²) in [5.41, 5.74) is 3.84. The highest BCUT2D eigenvalue weighted by molar-refractivity contribution is 5.88. The van der Waals surface area contributed by atoms with Crippen LogP contribution in [0.15, 0.2) is 22.8 Å². The molecule has 25 heavy (non-hydrogen) atoms. The summed E-state index contributed by atoms with van der Waals surface area (Å²) in [5, 5.41) is 3.87. The molecule has 0 aliphatic heterocycles. The van der Waals surface area contributed by atoms with Gasteiger partial charge in [0.25, 0.3) is 5.91 Å². The third-order valence-electron chi connectivity index (χ3n) is 4.98. The lowest BCUT2D eigenvalue weighted by Crippen LogP contribution is -2.41. The van der Waals surface area contributed by atoms with Crippen molar-refractivity contribution in [1.29, 1.82) is 0 Å². The number of benzene rings is 1. The fraction of sp³-hybridized carbons (Fsp3) is 0.500. The normalized spacial score (nSPS) is 16.1. The quantitative estimate of drug-likeness (QED) is 0.843. The molecule has 134 valence electrons. The van der Waals surface area contributed by atoms with Gasteiger partial charge in [-0.2, -0.15) is 0 Å². The van der Waals surface area contributed by atoms with Gasteiger partial charge < -0.3 is 14.5 Å². The van der Waals surface area contributed by atoms with E-state index in [9.17, 15) is 9.59 Å². The van der Waals surface area contributed by atoms with Gasteiger partial charge in [0.2, 0.25) is 0 Å². The standard InChI is InChI=1S/C20H25NO4/c1-12-8-17-15(11-24-18(17)9-13(12)2)10-19(22)25-14(3)20(23)21-16-6-4-5-7-16/h8-9,11,14,16H,4-7,10H2,1-3H3,(H,21,23)/t14-/m1/s1. The van der Waals surface area contributed by atoms with Crippen molar-refractivity contribution in [2.75, 3.05) is 0 Å². The summed E-state index contributed by atoms with van der Waals surface area (Å²) in [6.07, 6.45) is 5.20. The van der Waals surface area contributed by atoms with E-state index < -0.39 is 12.1 Å². The van der Waals surface area contributed by atoms with E-state index in [-0.39, 0.29) is 18.4 Å². The van der Waals surface area contributed by atoms with Gasteiger partial charge in [-0.05, 0) is 56.9 Å². The largest absolute Gasteiger partial charge is 0.464 e. The van der Waals surface area contributed by atoms with E-state index >= 15 is 0 Å². The van der Waals surface area contributed by atoms with Crippen LogP contribution >= 0.6 is 0 Å². The zero-order valence-electron chi connectivity index (χ0n) is 15.1. The predicted octanol–water partition coefficient (Wildman–Crippen LogP) is 3.58.